The SMILES string of the molecule is CC(C)(C)c1nc(N)cc(Nc2cccc(Cl)c2F)n1. The van der Waals surface area contributed by atoms with Gasteiger partial charge in [-0.15, -0.1) is 0 Å². The zero-order valence-corrected chi connectivity index (χ0v) is 12.3. The van der Waals surface area contributed by atoms with Crippen LogP contribution in [-0.4, -0.2) is 9.97 Å². The number of hydrogen-bond donors (Lipinski definition) is 2. The van der Waals surface area contributed by atoms with Crippen LogP contribution in [0.4, 0.5) is 21.7 Å². The average Bonchev–Trinajstić information content (AvgIpc) is 2.33. The first-order valence-corrected chi connectivity index (χ1v) is 6.51. The molecular weight excluding hydrogens is 279 g/mol. The van der Waals surface area contributed by atoms with Crippen molar-refractivity contribution in [1.29, 1.82) is 0 Å². The Labute approximate surface area is 122 Å². The second kappa shape index (κ2) is 5.25. The van der Waals surface area contributed by atoms with Crippen molar-refractivity contribution in [2.75, 3.05) is 11.1 Å². The molecule has 0 atom stereocenters. The first-order valence-electron chi connectivity index (χ1n) is 6.13. The molecule has 0 radical (unpaired) electrons. The highest BCUT2D eigenvalue weighted by molar-refractivity contribution is 6.31. The number of nitrogens with zero attached hydrogens (tertiary/aromatic N) is 2. The summed E-state index contributed by atoms with van der Waals surface area (Å²) in [7, 11) is 0. The van der Waals surface area contributed by atoms with Gasteiger partial charge in [0.15, 0.2) is 5.82 Å². The van der Waals surface area contributed by atoms with Crippen molar-refractivity contribution >= 4 is 28.9 Å². The topological polar surface area (TPSA) is 63.8 Å². The van der Waals surface area contributed by atoms with Gasteiger partial charge in [0.1, 0.15) is 17.5 Å². The van der Waals surface area contributed by atoms with Crippen LogP contribution in [0.2, 0.25) is 5.02 Å². The molecule has 20 heavy (non-hydrogen) atoms. The van der Waals surface area contributed by atoms with E-state index in [1.807, 2.05) is 20.8 Å². The van der Waals surface area contributed by atoms with Crippen molar-refractivity contribution in [1.82, 2.24) is 9.97 Å². The van der Waals surface area contributed by atoms with Crippen LogP contribution in [0, 0.1) is 5.82 Å². The number of halogens is 2. The first kappa shape index (κ1) is 14.5. The lowest BCUT2D eigenvalue weighted by molar-refractivity contribution is 0.547. The fourth-order valence-electron chi connectivity index (χ4n) is 1.60. The largest absolute Gasteiger partial charge is 0.384 e. The zero-order chi connectivity index (χ0) is 14.9. The molecule has 4 nitrogen and oxygen atoms in total. The van der Waals surface area contributed by atoms with Crippen LogP contribution in [0.5, 0.6) is 0 Å². The molecule has 2 rings (SSSR count). The summed E-state index contributed by atoms with van der Waals surface area (Å²) in [5.41, 5.74) is 5.76. The second-order valence-corrected chi connectivity index (χ2v) is 5.89. The minimum Gasteiger partial charge on any atom is -0.384 e. The van der Waals surface area contributed by atoms with E-state index in [-0.39, 0.29) is 16.1 Å². The highest BCUT2D eigenvalue weighted by Gasteiger charge is 2.19. The molecule has 0 aliphatic heterocycles. The van der Waals surface area contributed by atoms with Gasteiger partial charge in [0.25, 0.3) is 0 Å². The summed E-state index contributed by atoms with van der Waals surface area (Å²) in [5.74, 6) is 0.824. The maximum Gasteiger partial charge on any atom is 0.165 e. The van der Waals surface area contributed by atoms with Gasteiger partial charge in [-0.25, -0.2) is 14.4 Å². The molecule has 2 aromatic rings. The number of benzene rings is 1. The monoisotopic (exact) mass is 294 g/mol. The molecule has 6 heteroatoms. The van der Waals surface area contributed by atoms with Gasteiger partial charge in [0.2, 0.25) is 0 Å². The number of rotatable bonds is 2. The molecule has 0 saturated carbocycles. The predicted molar refractivity (Wildman–Crippen MR) is 79.8 cm³/mol. The Morgan fingerprint density at radius 1 is 1.25 bits per heavy atom. The molecule has 106 valence electrons. The third kappa shape index (κ3) is 3.17. The molecule has 1 aromatic carbocycles. The lowest BCUT2D eigenvalue weighted by Crippen LogP contribution is -2.17. The number of hydrogen-bond acceptors (Lipinski definition) is 4. The second-order valence-electron chi connectivity index (χ2n) is 5.48. The molecule has 1 aromatic heterocycles. The molecule has 0 saturated heterocycles. The van der Waals surface area contributed by atoms with E-state index in [1.54, 1.807) is 18.2 Å². The van der Waals surface area contributed by atoms with Gasteiger partial charge in [-0.3, -0.25) is 0 Å². The van der Waals surface area contributed by atoms with Gasteiger partial charge < -0.3 is 11.1 Å². The summed E-state index contributed by atoms with van der Waals surface area (Å²) in [6.07, 6.45) is 0. The normalized spacial score (nSPS) is 11.4. The molecule has 0 aliphatic carbocycles. The van der Waals surface area contributed by atoms with Crippen molar-refractivity contribution in [2.24, 2.45) is 0 Å². The smallest absolute Gasteiger partial charge is 0.165 e. The van der Waals surface area contributed by atoms with Crippen molar-refractivity contribution in [3.05, 3.63) is 40.9 Å². The highest BCUT2D eigenvalue weighted by Crippen LogP contribution is 2.26. The maximum atomic E-state index is 13.9. The Morgan fingerprint density at radius 3 is 2.60 bits per heavy atom. The fourth-order valence-corrected chi connectivity index (χ4v) is 1.78. The molecular formula is C14H16ClFN4. The Morgan fingerprint density at radius 2 is 1.95 bits per heavy atom. The molecule has 0 spiro atoms. The number of nitrogens with two attached hydrogens (primary N) is 1. The zero-order valence-electron chi connectivity index (χ0n) is 11.5. The van der Waals surface area contributed by atoms with Crippen molar-refractivity contribution in [3.63, 3.8) is 0 Å². The fraction of sp³-hybridized carbons (Fsp3) is 0.286. The molecule has 0 aliphatic rings. The van der Waals surface area contributed by atoms with E-state index in [4.69, 9.17) is 17.3 Å². The number of aromatic nitrogens is 2. The van der Waals surface area contributed by atoms with Gasteiger partial charge in [0.05, 0.1) is 10.7 Å². The quantitative estimate of drug-likeness (QED) is 0.882. The van der Waals surface area contributed by atoms with Crippen molar-refractivity contribution in [3.8, 4) is 0 Å². The summed E-state index contributed by atoms with van der Waals surface area (Å²) in [6.45, 7) is 5.93. The van der Waals surface area contributed by atoms with Gasteiger partial charge in [0, 0.05) is 11.5 Å². The molecule has 0 bridgehead atoms. The lowest BCUT2D eigenvalue weighted by atomic mass is 9.96. The van der Waals surface area contributed by atoms with E-state index in [9.17, 15) is 4.39 Å². The van der Waals surface area contributed by atoms with E-state index in [2.05, 4.69) is 15.3 Å². The standard InChI is InChI=1S/C14H16ClFN4/c1-14(2,3)13-19-10(17)7-11(20-13)18-9-6-4-5-8(15)12(9)16/h4-7H,1-3H3,(H3,17,18,19,20). The molecule has 0 fully saturated rings. The van der Waals surface area contributed by atoms with Crippen molar-refractivity contribution < 1.29 is 4.39 Å². The molecule has 3 N–H and O–H groups in total. The van der Waals surface area contributed by atoms with E-state index < -0.39 is 5.82 Å². The van der Waals surface area contributed by atoms with E-state index in [1.165, 1.54) is 6.07 Å². The number of anilines is 3. The summed E-state index contributed by atoms with van der Waals surface area (Å²) in [4.78, 5) is 8.55. The van der Waals surface area contributed by atoms with E-state index in [0.717, 1.165) is 0 Å². The van der Waals surface area contributed by atoms with Crippen LogP contribution >= 0.6 is 11.6 Å². The van der Waals surface area contributed by atoms with E-state index in [0.29, 0.717) is 17.5 Å². The highest BCUT2D eigenvalue weighted by atomic mass is 35.5. The number of nitrogens with one attached hydrogen (secondary N) is 1. The summed E-state index contributed by atoms with van der Waals surface area (Å²) in [5, 5.41) is 2.92. The van der Waals surface area contributed by atoms with Gasteiger partial charge in [-0.05, 0) is 12.1 Å². The van der Waals surface area contributed by atoms with Gasteiger partial charge in [-0.2, -0.15) is 0 Å². The average molecular weight is 295 g/mol. The van der Waals surface area contributed by atoms with Gasteiger partial charge >= 0.3 is 0 Å². The number of nitrogen functional groups attached to an aromatic ring is 1. The van der Waals surface area contributed by atoms with E-state index >= 15 is 0 Å². The summed E-state index contributed by atoms with van der Waals surface area (Å²) in [6, 6.07) is 6.27. The Bertz CT molecular complexity index is 638. The van der Waals surface area contributed by atoms with Crippen LogP contribution in [0.1, 0.15) is 26.6 Å². The van der Waals surface area contributed by atoms with Crippen LogP contribution in [0.15, 0.2) is 24.3 Å². The van der Waals surface area contributed by atoms with Crippen LogP contribution in [0.3, 0.4) is 0 Å². The van der Waals surface area contributed by atoms with Crippen LogP contribution < -0.4 is 11.1 Å². The lowest BCUT2D eigenvalue weighted by Gasteiger charge is -2.18. The Kier molecular flexibility index (Phi) is 3.81. The first-order chi connectivity index (χ1) is 9.27. The summed E-state index contributed by atoms with van der Waals surface area (Å²) >= 11 is 5.74. The maximum absolute atomic E-state index is 13.9. The van der Waals surface area contributed by atoms with Crippen molar-refractivity contribution in [2.45, 2.75) is 26.2 Å². The van der Waals surface area contributed by atoms with Crippen LogP contribution in [-0.2, 0) is 5.41 Å². The third-order valence-electron chi connectivity index (χ3n) is 2.63. The Balaban J connectivity index is 2.39. The molecule has 1 heterocycles. The van der Waals surface area contributed by atoms with Crippen LogP contribution in [0.25, 0.3) is 0 Å². The third-order valence-corrected chi connectivity index (χ3v) is 2.92. The van der Waals surface area contributed by atoms with Gasteiger partial charge in [-0.1, -0.05) is 38.4 Å². The predicted octanol–water partition coefficient (Wildman–Crippen LogP) is 3.89. The summed E-state index contributed by atoms with van der Waals surface area (Å²) < 4.78 is 13.9. The minimum absolute atomic E-state index is 0.0491. The minimum atomic E-state index is -0.524. The Hall–Kier alpha value is -1.88. The molecule has 0 unspecified atom stereocenters. The molecule has 0 amide bonds.